The predicted octanol–water partition coefficient (Wildman–Crippen LogP) is 0.798. The van der Waals surface area contributed by atoms with Crippen molar-refractivity contribution < 1.29 is 14.6 Å². The van der Waals surface area contributed by atoms with Crippen LogP contribution in [0.25, 0.3) is 0 Å². The van der Waals surface area contributed by atoms with E-state index < -0.39 is 11.5 Å². The summed E-state index contributed by atoms with van der Waals surface area (Å²) in [6, 6.07) is 0. The first kappa shape index (κ1) is 16.4. The maximum atomic E-state index is 11.3. The number of rotatable bonds is 10. The molecule has 102 valence electrons. The molecule has 1 atom stereocenters. The number of likely N-dealkylation sites (N-methyl/N-ethyl adjacent to an activating group) is 1. The Morgan fingerprint density at radius 1 is 1.53 bits per heavy atom. The van der Waals surface area contributed by atoms with Gasteiger partial charge >= 0.3 is 5.97 Å². The molecule has 0 radical (unpaired) electrons. The zero-order valence-electron chi connectivity index (χ0n) is 11.5. The second kappa shape index (κ2) is 8.44. The van der Waals surface area contributed by atoms with Crippen molar-refractivity contribution in [2.45, 2.75) is 32.2 Å². The van der Waals surface area contributed by atoms with Crippen molar-refractivity contribution in [3.63, 3.8) is 0 Å². The van der Waals surface area contributed by atoms with Gasteiger partial charge in [-0.2, -0.15) is 0 Å². The molecule has 17 heavy (non-hydrogen) atoms. The van der Waals surface area contributed by atoms with Crippen LogP contribution < -0.4 is 5.32 Å². The Kier molecular flexibility index (Phi) is 8.12. The molecule has 0 aliphatic rings. The largest absolute Gasteiger partial charge is 0.480 e. The third-order valence-electron chi connectivity index (χ3n) is 2.71. The summed E-state index contributed by atoms with van der Waals surface area (Å²) in [5, 5.41) is 12.4. The van der Waals surface area contributed by atoms with Gasteiger partial charge in [-0.25, -0.2) is 0 Å². The van der Waals surface area contributed by atoms with Crippen LogP contribution in [-0.4, -0.2) is 61.9 Å². The summed E-state index contributed by atoms with van der Waals surface area (Å²) >= 11 is 0. The van der Waals surface area contributed by atoms with Gasteiger partial charge in [-0.3, -0.25) is 4.79 Å². The molecular weight excluding hydrogens is 220 g/mol. The van der Waals surface area contributed by atoms with Crippen LogP contribution in [0.3, 0.4) is 0 Å². The fourth-order valence-electron chi connectivity index (χ4n) is 1.70. The monoisotopic (exact) mass is 246 g/mol. The van der Waals surface area contributed by atoms with E-state index in [9.17, 15) is 9.90 Å². The fourth-order valence-corrected chi connectivity index (χ4v) is 1.70. The van der Waals surface area contributed by atoms with E-state index in [4.69, 9.17) is 4.74 Å². The van der Waals surface area contributed by atoms with Crippen molar-refractivity contribution in [1.82, 2.24) is 10.2 Å². The molecule has 5 heteroatoms. The number of carboxylic acids is 1. The van der Waals surface area contributed by atoms with Gasteiger partial charge in [0.05, 0.1) is 0 Å². The van der Waals surface area contributed by atoms with Gasteiger partial charge in [-0.1, -0.05) is 6.92 Å². The van der Waals surface area contributed by atoms with E-state index in [2.05, 4.69) is 5.32 Å². The van der Waals surface area contributed by atoms with Crippen molar-refractivity contribution in [3.8, 4) is 0 Å². The van der Waals surface area contributed by atoms with Gasteiger partial charge in [0.2, 0.25) is 0 Å². The van der Waals surface area contributed by atoms with Gasteiger partial charge in [-0.15, -0.1) is 0 Å². The molecule has 0 amide bonds. The van der Waals surface area contributed by atoms with E-state index >= 15 is 0 Å². The molecule has 1 unspecified atom stereocenters. The highest BCUT2D eigenvalue weighted by atomic mass is 16.5. The van der Waals surface area contributed by atoms with Gasteiger partial charge in [0.15, 0.2) is 0 Å². The Morgan fingerprint density at radius 2 is 2.18 bits per heavy atom. The summed E-state index contributed by atoms with van der Waals surface area (Å²) in [6.45, 7) is 6.51. The smallest absolute Gasteiger partial charge is 0.324 e. The summed E-state index contributed by atoms with van der Waals surface area (Å²) in [7, 11) is 3.61. The maximum Gasteiger partial charge on any atom is 0.324 e. The lowest BCUT2D eigenvalue weighted by atomic mass is 10.0. The van der Waals surface area contributed by atoms with Gasteiger partial charge < -0.3 is 20.1 Å². The highest BCUT2D eigenvalue weighted by Gasteiger charge is 2.33. The third-order valence-corrected chi connectivity index (χ3v) is 2.71. The van der Waals surface area contributed by atoms with Crippen LogP contribution in [0.5, 0.6) is 0 Å². The molecular formula is C12H26N2O3. The zero-order chi connectivity index (χ0) is 13.3. The summed E-state index contributed by atoms with van der Waals surface area (Å²) in [5.41, 5.74) is -0.877. The van der Waals surface area contributed by atoms with Gasteiger partial charge in [-0.05, 0) is 33.4 Å². The van der Waals surface area contributed by atoms with E-state index in [1.165, 1.54) is 0 Å². The minimum Gasteiger partial charge on any atom is -0.480 e. The molecule has 0 heterocycles. The quantitative estimate of drug-likeness (QED) is 0.558. The molecule has 5 nitrogen and oxygen atoms in total. The molecule has 0 bridgehead atoms. The average Bonchev–Trinajstić information content (AvgIpc) is 2.26. The van der Waals surface area contributed by atoms with Crippen molar-refractivity contribution in [1.29, 1.82) is 0 Å². The Hall–Kier alpha value is -0.650. The number of carbonyl (C=O) groups is 1. The number of hydrogen-bond acceptors (Lipinski definition) is 4. The first-order valence-electron chi connectivity index (χ1n) is 6.12. The van der Waals surface area contributed by atoms with Crippen molar-refractivity contribution in [3.05, 3.63) is 0 Å². The third kappa shape index (κ3) is 6.61. The number of nitrogens with zero attached hydrogens (tertiary/aromatic N) is 1. The van der Waals surface area contributed by atoms with Gasteiger partial charge in [0, 0.05) is 26.8 Å². The standard InChI is InChI=1S/C12H26N2O3/c1-5-7-13-12(2,11(15)16)10-14(3)8-6-9-17-4/h13H,5-10H2,1-4H3,(H,15,16). The lowest BCUT2D eigenvalue weighted by molar-refractivity contribution is -0.144. The lowest BCUT2D eigenvalue weighted by Crippen LogP contribution is -2.56. The summed E-state index contributed by atoms with van der Waals surface area (Å²) < 4.78 is 4.98. The number of hydrogen-bond donors (Lipinski definition) is 2. The van der Waals surface area contributed by atoms with Crippen molar-refractivity contribution in [2.24, 2.45) is 0 Å². The molecule has 0 aromatic heterocycles. The fraction of sp³-hybridized carbons (Fsp3) is 0.917. The van der Waals surface area contributed by atoms with Gasteiger partial charge in [0.1, 0.15) is 5.54 Å². The van der Waals surface area contributed by atoms with E-state index in [0.29, 0.717) is 19.7 Å². The zero-order valence-corrected chi connectivity index (χ0v) is 11.5. The van der Waals surface area contributed by atoms with E-state index in [1.54, 1.807) is 14.0 Å². The van der Waals surface area contributed by atoms with E-state index in [1.807, 2.05) is 18.9 Å². The molecule has 0 fully saturated rings. The number of nitrogens with one attached hydrogen (secondary N) is 1. The normalized spacial score (nSPS) is 14.9. The minimum absolute atomic E-state index is 0.492. The van der Waals surface area contributed by atoms with E-state index in [-0.39, 0.29) is 0 Å². The van der Waals surface area contributed by atoms with Crippen molar-refractivity contribution >= 4 is 5.97 Å². The number of ether oxygens (including phenoxy) is 1. The summed E-state index contributed by atoms with van der Waals surface area (Å²) in [4.78, 5) is 13.3. The first-order valence-corrected chi connectivity index (χ1v) is 6.12. The Bertz CT molecular complexity index is 224. The first-order chi connectivity index (χ1) is 7.96. The Morgan fingerprint density at radius 3 is 2.65 bits per heavy atom. The molecule has 2 N–H and O–H groups in total. The highest BCUT2D eigenvalue weighted by molar-refractivity contribution is 5.78. The van der Waals surface area contributed by atoms with Crippen LogP contribution in [0.1, 0.15) is 26.7 Å². The summed E-state index contributed by atoms with van der Waals surface area (Å²) in [5.74, 6) is -0.801. The van der Waals surface area contributed by atoms with E-state index in [0.717, 1.165) is 19.4 Å². The van der Waals surface area contributed by atoms with Gasteiger partial charge in [0.25, 0.3) is 0 Å². The van der Waals surface area contributed by atoms with Crippen LogP contribution in [0.4, 0.5) is 0 Å². The highest BCUT2D eigenvalue weighted by Crippen LogP contribution is 2.07. The topological polar surface area (TPSA) is 61.8 Å². The molecule has 0 saturated carbocycles. The second-order valence-corrected chi connectivity index (χ2v) is 4.65. The number of aliphatic carboxylic acids is 1. The molecule has 0 spiro atoms. The molecule has 0 aliphatic carbocycles. The second-order valence-electron chi connectivity index (χ2n) is 4.65. The van der Waals surface area contributed by atoms with Crippen LogP contribution >= 0.6 is 0 Å². The van der Waals surface area contributed by atoms with Crippen LogP contribution in [0.15, 0.2) is 0 Å². The van der Waals surface area contributed by atoms with Crippen LogP contribution in [0.2, 0.25) is 0 Å². The SMILES string of the molecule is CCCNC(C)(CN(C)CCCOC)C(=O)O. The van der Waals surface area contributed by atoms with Crippen LogP contribution in [0, 0.1) is 0 Å². The molecule has 0 aromatic rings. The summed E-state index contributed by atoms with van der Waals surface area (Å²) in [6.07, 6.45) is 1.84. The average molecular weight is 246 g/mol. The predicted molar refractivity (Wildman–Crippen MR) is 68.3 cm³/mol. The maximum absolute atomic E-state index is 11.3. The van der Waals surface area contributed by atoms with Crippen molar-refractivity contribution in [2.75, 3.05) is 40.4 Å². The molecule has 0 saturated heterocycles. The Labute approximate surface area is 104 Å². The Balaban J connectivity index is 4.18. The molecule has 0 rings (SSSR count). The number of carboxylic acid groups (broad SMARTS) is 1. The van der Waals surface area contributed by atoms with Crippen LogP contribution in [-0.2, 0) is 9.53 Å². The molecule has 0 aromatic carbocycles. The lowest BCUT2D eigenvalue weighted by Gasteiger charge is -2.31. The minimum atomic E-state index is -0.877. The molecule has 0 aliphatic heterocycles. The number of methoxy groups -OCH3 is 1.